The van der Waals surface area contributed by atoms with E-state index in [-0.39, 0.29) is 32.8 Å². The van der Waals surface area contributed by atoms with Crippen molar-refractivity contribution < 1.29 is 13.2 Å². The van der Waals surface area contributed by atoms with Crippen LogP contribution in [0.5, 0.6) is 0 Å². The van der Waals surface area contributed by atoms with E-state index in [2.05, 4.69) is 26.1 Å². The maximum Gasteiger partial charge on any atom is 0.246 e. The summed E-state index contributed by atoms with van der Waals surface area (Å²) in [6.07, 6.45) is 6.55. The highest BCUT2D eigenvalue weighted by Crippen LogP contribution is 2.40. The number of benzene rings is 1. The van der Waals surface area contributed by atoms with Crippen LogP contribution >= 0.6 is 23.2 Å². The molecule has 8 heteroatoms. The van der Waals surface area contributed by atoms with E-state index in [1.807, 2.05) is 0 Å². The van der Waals surface area contributed by atoms with Gasteiger partial charge in [-0.1, -0.05) is 56.5 Å². The minimum Gasteiger partial charge on any atom is -0.353 e. The van der Waals surface area contributed by atoms with E-state index < -0.39 is 10.0 Å². The minimum absolute atomic E-state index is 0.0481. The highest BCUT2D eigenvalue weighted by Gasteiger charge is 2.36. The number of hydrogen-bond donors (Lipinski definition) is 1. The second-order valence-electron chi connectivity index (χ2n) is 9.63. The lowest BCUT2D eigenvalue weighted by atomic mass is 9.69. The zero-order valence-corrected chi connectivity index (χ0v) is 21.0. The number of carbonyl (C=O) groups is 1. The first-order valence-corrected chi connectivity index (χ1v) is 13.5. The molecule has 2 fully saturated rings. The lowest BCUT2D eigenvalue weighted by Crippen LogP contribution is -2.46. The molecule has 1 heterocycles. The van der Waals surface area contributed by atoms with E-state index in [0.717, 1.165) is 31.6 Å². The molecule has 0 aromatic heterocycles. The molecule has 31 heavy (non-hydrogen) atoms. The van der Waals surface area contributed by atoms with Crippen LogP contribution in [0.2, 0.25) is 10.0 Å². The topological polar surface area (TPSA) is 66.5 Å². The summed E-state index contributed by atoms with van der Waals surface area (Å²) in [5.41, 5.74) is 0.359. The van der Waals surface area contributed by atoms with Crippen molar-refractivity contribution in [2.24, 2.45) is 17.3 Å². The van der Waals surface area contributed by atoms with Crippen LogP contribution in [0.4, 0.5) is 0 Å². The Hall–Kier alpha value is -0.820. The average molecular weight is 490 g/mol. The molecule has 1 aromatic rings. The van der Waals surface area contributed by atoms with Crippen LogP contribution in [0.1, 0.15) is 65.7 Å². The Labute approximate surface area is 196 Å². The minimum atomic E-state index is -3.78. The van der Waals surface area contributed by atoms with Crippen molar-refractivity contribution in [3.8, 4) is 0 Å². The molecule has 0 atom stereocenters. The normalized spacial score (nSPS) is 24.2. The first-order valence-electron chi connectivity index (χ1n) is 11.3. The van der Waals surface area contributed by atoms with Gasteiger partial charge in [-0.25, -0.2) is 8.42 Å². The number of halogens is 2. The highest BCUT2D eigenvalue weighted by molar-refractivity contribution is 7.89. The third-order valence-corrected chi connectivity index (χ3v) is 10.3. The number of piperidine rings is 1. The third kappa shape index (κ3) is 5.58. The van der Waals surface area contributed by atoms with Crippen LogP contribution in [-0.4, -0.2) is 37.8 Å². The first-order chi connectivity index (χ1) is 14.6. The molecule has 0 radical (unpaired) electrons. The van der Waals surface area contributed by atoms with Crippen molar-refractivity contribution in [3.05, 3.63) is 28.2 Å². The zero-order valence-electron chi connectivity index (χ0n) is 18.7. The Balaban J connectivity index is 1.53. The second-order valence-corrected chi connectivity index (χ2v) is 12.3. The third-order valence-electron chi connectivity index (χ3n) is 7.43. The second kappa shape index (κ2) is 9.98. The van der Waals surface area contributed by atoms with E-state index in [1.165, 1.54) is 22.9 Å². The van der Waals surface area contributed by atoms with Crippen molar-refractivity contribution in [1.29, 1.82) is 0 Å². The van der Waals surface area contributed by atoms with E-state index in [0.29, 0.717) is 31.3 Å². The van der Waals surface area contributed by atoms with Gasteiger partial charge in [0.05, 0.1) is 10.0 Å². The van der Waals surface area contributed by atoms with Gasteiger partial charge in [0.25, 0.3) is 0 Å². The molecule has 0 unspecified atom stereocenters. The van der Waals surface area contributed by atoms with Crippen LogP contribution in [0.3, 0.4) is 0 Å². The number of nitrogens with one attached hydrogen (secondary N) is 1. The fourth-order valence-electron chi connectivity index (χ4n) is 4.84. The maximum absolute atomic E-state index is 13.0. The maximum atomic E-state index is 13.0. The SMILES string of the molecule is CCC(C)(C)C1CCC(NC(=O)C2CCN(S(=O)(=O)c3c(Cl)cccc3Cl)CC2)CC1. The summed E-state index contributed by atoms with van der Waals surface area (Å²) >= 11 is 12.2. The molecule has 5 nitrogen and oxygen atoms in total. The van der Waals surface area contributed by atoms with E-state index >= 15 is 0 Å². The molecule has 1 aromatic carbocycles. The van der Waals surface area contributed by atoms with Gasteiger partial charge < -0.3 is 5.32 Å². The predicted molar refractivity (Wildman–Crippen MR) is 126 cm³/mol. The molecule has 1 saturated carbocycles. The number of hydrogen-bond acceptors (Lipinski definition) is 3. The van der Waals surface area contributed by atoms with E-state index in [9.17, 15) is 13.2 Å². The highest BCUT2D eigenvalue weighted by atomic mass is 35.5. The van der Waals surface area contributed by atoms with Gasteiger partial charge in [0.2, 0.25) is 15.9 Å². The standard InChI is InChI=1S/C23H34Cl2N2O3S/c1-4-23(2,3)17-8-10-18(11-9-17)26-22(28)16-12-14-27(15-13-16)31(29,30)21-19(24)6-5-7-20(21)25/h5-7,16-18H,4,8-15H2,1-3H3,(H,26,28). The molecular formula is C23H34Cl2N2O3S. The van der Waals surface area contributed by atoms with Gasteiger partial charge in [-0.05, 0) is 62.0 Å². The Morgan fingerprint density at radius 1 is 1.06 bits per heavy atom. The van der Waals surface area contributed by atoms with Crippen LogP contribution < -0.4 is 5.32 Å². The lowest BCUT2D eigenvalue weighted by molar-refractivity contribution is -0.127. The van der Waals surface area contributed by atoms with Gasteiger partial charge in [-0.3, -0.25) is 4.79 Å². The van der Waals surface area contributed by atoms with Crippen molar-refractivity contribution in [2.45, 2.75) is 76.7 Å². The number of sulfonamides is 1. The smallest absolute Gasteiger partial charge is 0.246 e. The Bertz CT molecular complexity index is 868. The van der Waals surface area contributed by atoms with Crippen LogP contribution in [-0.2, 0) is 14.8 Å². The van der Waals surface area contributed by atoms with Crippen molar-refractivity contribution in [2.75, 3.05) is 13.1 Å². The molecule has 1 saturated heterocycles. The Morgan fingerprint density at radius 3 is 2.13 bits per heavy atom. The van der Waals surface area contributed by atoms with Crippen molar-refractivity contribution in [1.82, 2.24) is 9.62 Å². The predicted octanol–water partition coefficient (Wildman–Crippen LogP) is 5.51. The number of rotatable bonds is 6. The van der Waals surface area contributed by atoms with E-state index in [1.54, 1.807) is 6.07 Å². The van der Waals surface area contributed by atoms with Crippen LogP contribution in [0, 0.1) is 17.3 Å². The molecule has 1 aliphatic carbocycles. The van der Waals surface area contributed by atoms with Gasteiger partial charge >= 0.3 is 0 Å². The fraction of sp³-hybridized carbons (Fsp3) is 0.696. The molecule has 3 rings (SSSR count). The first kappa shape index (κ1) is 24.8. The van der Waals surface area contributed by atoms with Gasteiger partial charge in [-0.2, -0.15) is 4.31 Å². The van der Waals surface area contributed by atoms with Crippen LogP contribution in [0.25, 0.3) is 0 Å². The lowest BCUT2D eigenvalue weighted by Gasteiger charge is -2.39. The molecule has 1 aliphatic heterocycles. The van der Waals surface area contributed by atoms with E-state index in [4.69, 9.17) is 23.2 Å². The van der Waals surface area contributed by atoms with Gasteiger partial charge in [0.1, 0.15) is 4.90 Å². The summed E-state index contributed by atoms with van der Waals surface area (Å²) < 4.78 is 27.4. The Kier molecular flexibility index (Phi) is 7.99. The Morgan fingerprint density at radius 2 is 1.61 bits per heavy atom. The van der Waals surface area contributed by atoms with Gasteiger partial charge in [0.15, 0.2) is 0 Å². The average Bonchev–Trinajstić information content (AvgIpc) is 2.74. The van der Waals surface area contributed by atoms with Crippen molar-refractivity contribution in [3.63, 3.8) is 0 Å². The molecule has 1 amide bonds. The largest absolute Gasteiger partial charge is 0.353 e. The summed E-state index contributed by atoms with van der Waals surface area (Å²) in [5.74, 6) is 0.625. The summed E-state index contributed by atoms with van der Waals surface area (Å²) in [4.78, 5) is 12.8. The monoisotopic (exact) mass is 488 g/mol. The molecule has 0 spiro atoms. The molecule has 174 valence electrons. The van der Waals surface area contributed by atoms with Crippen molar-refractivity contribution >= 4 is 39.1 Å². The summed E-state index contributed by atoms with van der Waals surface area (Å²) in [6, 6.07) is 4.91. The van der Waals surface area contributed by atoms with Gasteiger partial charge in [-0.15, -0.1) is 0 Å². The molecular weight excluding hydrogens is 455 g/mol. The summed E-state index contributed by atoms with van der Waals surface area (Å²) in [7, 11) is -3.78. The number of amides is 1. The fourth-order valence-corrected chi connectivity index (χ4v) is 7.40. The molecule has 2 aliphatic rings. The zero-order chi connectivity index (χ0) is 22.8. The molecule has 0 bridgehead atoms. The molecule has 1 N–H and O–H groups in total. The number of carbonyl (C=O) groups excluding carboxylic acids is 1. The van der Waals surface area contributed by atoms with Crippen LogP contribution in [0.15, 0.2) is 23.1 Å². The summed E-state index contributed by atoms with van der Waals surface area (Å²) in [6.45, 7) is 7.52. The van der Waals surface area contributed by atoms with Gasteiger partial charge in [0, 0.05) is 25.0 Å². The quantitative estimate of drug-likeness (QED) is 0.574. The summed E-state index contributed by atoms with van der Waals surface area (Å²) in [5, 5.41) is 3.47. The number of nitrogens with zero attached hydrogens (tertiary/aromatic N) is 1.